The SMILES string of the molecule is Cc1ccc(-c2csc3ncnc(N[C@H](C)[C@H](O)c4ccc(O)cc4)c23)cc1. The number of rotatable bonds is 5. The fourth-order valence-corrected chi connectivity index (χ4v) is 4.10. The van der Waals surface area contributed by atoms with Crippen LogP contribution < -0.4 is 5.32 Å². The molecule has 0 spiro atoms. The summed E-state index contributed by atoms with van der Waals surface area (Å²) in [5, 5.41) is 26.5. The molecule has 4 aromatic rings. The Morgan fingerprint density at radius 1 is 1.00 bits per heavy atom. The number of nitrogens with one attached hydrogen (secondary N) is 1. The predicted molar refractivity (Wildman–Crippen MR) is 114 cm³/mol. The van der Waals surface area contributed by atoms with Gasteiger partial charge in [0.15, 0.2) is 0 Å². The maximum absolute atomic E-state index is 10.7. The molecule has 0 aliphatic heterocycles. The molecule has 2 atom stereocenters. The number of nitrogens with zero attached hydrogens (tertiary/aromatic N) is 2. The first-order chi connectivity index (χ1) is 13.5. The Morgan fingerprint density at radius 2 is 1.71 bits per heavy atom. The zero-order chi connectivity index (χ0) is 19.7. The summed E-state index contributed by atoms with van der Waals surface area (Å²) in [5.41, 5.74) is 4.13. The van der Waals surface area contributed by atoms with Crippen LogP contribution in [-0.4, -0.2) is 26.2 Å². The largest absolute Gasteiger partial charge is 0.508 e. The number of aliphatic hydroxyl groups is 1. The zero-order valence-electron chi connectivity index (χ0n) is 15.6. The fraction of sp³-hybridized carbons (Fsp3) is 0.182. The Bertz CT molecular complexity index is 1090. The van der Waals surface area contributed by atoms with Gasteiger partial charge in [-0.1, -0.05) is 42.0 Å². The normalized spacial score (nSPS) is 13.4. The van der Waals surface area contributed by atoms with E-state index < -0.39 is 6.10 Å². The number of phenolic OH excluding ortho intramolecular Hbond substituents is 1. The molecule has 2 heterocycles. The highest BCUT2D eigenvalue weighted by Gasteiger charge is 2.20. The smallest absolute Gasteiger partial charge is 0.139 e. The molecule has 142 valence electrons. The van der Waals surface area contributed by atoms with E-state index in [1.54, 1.807) is 41.9 Å². The number of hydrogen-bond donors (Lipinski definition) is 3. The maximum Gasteiger partial charge on any atom is 0.139 e. The summed E-state index contributed by atoms with van der Waals surface area (Å²) in [7, 11) is 0. The van der Waals surface area contributed by atoms with Gasteiger partial charge in [0, 0.05) is 10.9 Å². The molecule has 5 nitrogen and oxygen atoms in total. The van der Waals surface area contributed by atoms with Crippen molar-refractivity contribution in [1.29, 1.82) is 0 Å². The van der Waals surface area contributed by atoms with Gasteiger partial charge in [-0.25, -0.2) is 9.97 Å². The van der Waals surface area contributed by atoms with Crippen LogP contribution >= 0.6 is 11.3 Å². The molecule has 3 N–H and O–H groups in total. The van der Waals surface area contributed by atoms with E-state index in [1.807, 2.05) is 6.92 Å². The third kappa shape index (κ3) is 3.56. The number of hydrogen-bond acceptors (Lipinski definition) is 6. The number of aromatic nitrogens is 2. The number of aliphatic hydroxyl groups excluding tert-OH is 1. The van der Waals surface area contributed by atoms with Gasteiger partial charge in [-0.3, -0.25) is 0 Å². The molecule has 2 aromatic heterocycles. The molecule has 28 heavy (non-hydrogen) atoms. The van der Waals surface area contributed by atoms with E-state index in [4.69, 9.17) is 0 Å². The quantitative estimate of drug-likeness (QED) is 0.451. The highest BCUT2D eigenvalue weighted by atomic mass is 32.1. The monoisotopic (exact) mass is 391 g/mol. The van der Waals surface area contributed by atoms with Gasteiger partial charge >= 0.3 is 0 Å². The first-order valence-corrected chi connectivity index (χ1v) is 9.93. The number of phenols is 1. The highest BCUT2D eigenvalue weighted by Crippen LogP contribution is 2.37. The van der Waals surface area contributed by atoms with E-state index >= 15 is 0 Å². The summed E-state index contributed by atoms with van der Waals surface area (Å²) < 4.78 is 0. The van der Waals surface area contributed by atoms with Crippen LogP contribution in [0.5, 0.6) is 5.75 Å². The average Bonchev–Trinajstić information content (AvgIpc) is 3.14. The molecular weight excluding hydrogens is 370 g/mol. The molecular formula is C22H21N3O2S. The lowest BCUT2D eigenvalue weighted by molar-refractivity contribution is 0.160. The van der Waals surface area contributed by atoms with Crippen LogP contribution in [0.25, 0.3) is 21.3 Å². The molecule has 0 bridgehead atoms. The maximum atomic E-state index is 10.7. The third-order valence-corrected chi connectivity index (χ3v) is 5.69. The summed E-state index contributed by atoms with van der Waals surface area (Å²) in [6.45, 7) is 3.97. The van der Waals surface area contributed by atoms with Crippen molar-refractivity contribution in [3.8, 4) is 16.9 Å². The minimum atomic E-state index is -0.743. The number of aryl methyl sites for hydroxylation is 1. The van der Waals surface area contributed by atoms with Crippen LogP contribution in [0.15, 0.2) is 60.2 Å². The van der Waals surface area contributed by atoms with Crippen molar-refractivity contribution in [3.63, 3.8) is 0 Å². The lowest BCUT2D eigenvalue weighted by Gasteiger charge is -2.21. The van der Waals surface area contributed by atoms with Gasteiger partial charge in [-0.2, -0.15) is 0 Å². The topological polar surface area (TPSA) is 78.3 Å². The summed E-state index contributed by atoms with van der Waals surface area (Å²) in [5.74, 6) is 0.877. The number of thiophene rings is 1. The molecule has 0 amide bonds. The summed E-state index contributed by atoms with van der Waals surface area (Å²) in [6, 6.07) is 14.7. The summed E-state index contributed by atoms with van der Waals surface area (Å²) >= 11 is 1.58. The molecule has 0 fully saturated rings. The Balaban J connectivity index is 1.67. The Morgan fingerprint density at radius 3 is 2.43 bits per heavy atom. The highest BCUT2D eigenvalue weighted by molar-refractivity contribution is 7.17. The van der Waals surface area contributed by atoms with E-state index in [0.29, 0.717) is 5.82 Å². The van der Waals surface area contributed by atoms with Gasteiger partial charge in [0.2, 0.25) is 0 Å². The number of fused-ring (bicyclic) bond motifs is 1. The predicted octanol–water partition coefficient (Wildman–Crippen LogP) is 4.91. The van der Waals surface area contributed by atoms with Gasteiger partial charge in [-0.05, 0) is 37.1 Å². The van der Waals surface area contributed by atoms with E-state index in [9.17, 15) is 10.2 Å². The van der Waals surface area contributed by atoms with E-state index in [2.05, 4.69) is 51.9 Å². The van der Waals surface area contributed by atoms with Crippen molar-refractivity contribution in [3.05, 3.63) is 71.4 Å². The van der Waals surface area contributed by atoms with Crippen LogP contribution in [0.3, 0.4) is 0 Å². The van der Waals surface area contributed by atoms with E-state index in [0.717, 1.165) is 26.9 Å². The van der Waals surface area contributed by atoms with Crippen molar-refractivity contribution < 1.29 is 10.2 Å². The lowest BCUT2D eigenvalue weighted by atomic mass is 10.0. The van der Waals surface area contributed by atoms with Crippen molar-refractivity contribution in [2.45, 2.75) is 26.0 Å². The molecule has 4 rings (SSSR count). The summed E-state index contributed by atoms with van der Waals surface area (Å²) in [6.07, 6.45) is 0.798. The molecule has 0 aliphatic carbocycles. The third-order valence-electron chi connectivity index (χ3n) is 4.81. The van der Waals surface area contributed by atoms with Crippen molar-refractivity contribution >= 4 is 27.4 Å². The number of aromatic hydroxyl groups is 1. The Labute approximate surface area is 167 Å². The van der Waals surface area contributed by atoms with E-state index in [-0.39, 0.29) is 11.8 Å². The molecule has 0 radical (unpaired) electrons. The molecule has 6 heteroatoms. The van der Waals surface area contributed by atoms with Crippen LogP contribution in [0.2, 0.25) is 0 Å². The van der Waals surface area contributed by atoms with Gasteiger partial charge in [0.05, 0.1) is 17.5 Å². The first-order valence-electron chi connectivity index (χ1n) is 9.05. The second-order valence-electron chi connectivity index (χ2n) is 6.89. The van der Waals surface area contributed by atoms with E-state index in [1.165, 1.54) is 5.56 Å². The minimum Gasteiger partial charge on any atom is -0.508 e. The second kappa shape index (κ2) is 7.58. The fourth-order valence-electron chi connectivity index (χ4n) is 3.18. The lowest BCUT2D eigenvalue weighted by Crippen LogP contribution is -2.24. The zero-order valence-corrected chi connectivity index (χ0v) is 16.4. The standard InChI is InChI=1S/C22H21N3O2S/c1-13-3-5-15(6-4-13)18-11-28-22-19(18)21(23-12-24-22)25-14(2)20(27)16-7-9-17(26)10-8-16/h3-12,14,20,26-27H,1-2H3,(H,23,24,25)/t14-,20+/m1/s1. The van der Waals surface area contributed by atoms with Crippen molar-refractivity contribution in [2.75, 3.05) is 5.32 Å². The molecule has 2 aromatic carbocycles. The molecule has 0 unspecified atom stereocenters. The van der Waals surface area contributed by atoms with Crippen LogP contribution in [-0.2, 0) is 0 Å². The second-order valence-corrected chi connectivity index (χ2v) is 7.75. The molecule has 0 saturated carbocycles. The first kappa shape index (κ1) is 18.4. The summed E-state index contributed by atoms with van der Waals surface area (Å²) in [4.78, 5) is 9.75. The van der Waals surface area contributed by atoms with Crippen LogP contribution in [0.4, 0.5) is 5.82 Å². The average molecular weight is 391 g/mol. The minimum absolute atomic E-state index is 0.176. The van der Waals surface area contributed by atoms with Gasteiger partial charge < -0.3 is 15.5 Å². The molecule has 0 saturated heterocycles. The van der Waals surface area contributed by atoms with Crippen molar-refractivity contribution in [2.24, 2.45) is 0 Å². The number of anilines is 1. The Hall–Kier alpha value is -2.96. The Kier molecular flexibility index (Phi) is 4.98. The van der Waals surface area contributed by atoms with Crippen LogP contribution in [0, 0.1) is 6.92 Å². The van der Waals surface area contributed by atoms with Gasteiger partial charge in [0.25, 0.3) is 0 Å². The molecule has 0 aliphatic rings. The van der Waals surface area contributed by atoms with Gasteiger partial charge in [-0.15, -0.1) is 11.3 Å². The van der Waals surface area contributed by atoms with Gasteiger partial charge in [0.1, 0.15) is 22.7 Å². The van der Waals surface area contributed by atoms with Crippen LogP contribution in [0.1, 0.15) is 24.2 Å². The van der Waals surface area contributed by atoms with Crippen molar-refractivity contribution in [1.82, 2.24) is 9.97 Å². The number of benzene rings is 2.